The summed E-state index contributed by atoms with van der Waals surface area (Å²) in [4.78, 5) is 19.3. The Morgan fingerprint density at radius 3 is 2.10 bits per heavy atom. The molecule has 0 bridgehead atoms. The van der Waals surface area contributed by atoms with E-state index in [0.29, 0.717) is 52.1 Å². The maximum absolute atomic E-state index is 14.4. The molecule has 5 rings (SSSR count). The molecule has 4 aromatic rings. The number of aliphatic hydroxyl groups excluding tert-OH is 1. The second kappa shape index (κ2) is 14.9. The van der Waals surface area contributed by atoms with Gasteiger partial charge in [-0.15, -0.1) is 0 Å². The largest absolute Gasteiger partial charge is 0.494 e. The van der Waals surface area contributed by atoms with E-state index in [9.17, 15) is 31.1 Å². The van der Waals surface area contributed by atoms with Gasteiger partial charge in [0.25, 0.3) is 5.91 Å². The summed E-state index contributed by atoms with van der Waals surface area (Å²) in [5, 5.41) is 11.6. The zero-order valence-corrected chi connectivity index (χ0v) is 28.6. The third-order valence-corrected chi connectivity index (χ3v) is 8.96. The third kappa shape index (κ3) is 8.65. The van der Waals surface area contributed by atoms with Crippen molar-refractivity contribution in [2.45, 2.75) is 43.4 Å². The van der Waals surface area contributed by atoms with E-state index in [-0.39, 0.29) is 25.0 Å². The van der Waals surface area contributed by atoms with E-state index in [1.54, 1.807) is 72.8 Å². The molecule has 0 unspecified atom stereocenters. The number of hydrogen-bond acceptors (Lipinski definition) is 5. The summed E-state index contributed by atoms with van der Waals surface area (Å²) in [5.41, 5.74) is -3.45. The van der Waals surface area contributed by atoms with E-state index in [1.165, 1.54) is 0 Å². The van der Waals surface area contributed by atoms with Gasteiger partial charge in [-0.05, 0) is 71.8 Å². The van der Waals surface area contributed by atoms with E-state index in [1.807, 2.05) is 0 Å². The molecule has 49 heavy (non-hydrogen) atoms. The second-order valence-electron chi connectivity index (χ2n) is 11.2. The van der Waals surface area contributed by atoms with Crippen LogP contribution in [0.3, 0.4) is 0 Å². The van der Waals surface area contributed by atoms with Crippen LogP contribution in [0, 0.1) is 0 Å². The summed E-state index contributed by atoms with van der Waals surface area (Å²) >= 11 is 6.92. The lowest BCUT2D eigenvalue weighted by Crippen LogP contribution is -2.49. The van der Waals surface area contributed by atoms with Gasteiger partial charge < -0.3 is 19.9 Å². The van der Waals surface area contributed by atoms with Gasteiger partial charge in [0, 0.05) is 46.1 Å². The summed E-state index contributed by atoms with van der Waals surface area (Å²) in [7, 11) is 0. The van der Waals surface area contributed by atoms with Crippen molar-refractivity contribution in [2.75, 3.05) is 13.2 Å². The van der Waals surface area contributed by atoms with Crippen LogP contribution in [-0.2, 0) is 34.8 Å². The number of ether oxygens (including phenoxy) is 2. The summed E-state index contributed by atoms with van der Waals surface area (Å²) in [6, 6.07) is 22.0. The van der Waals surface area contributed by atoms with Gasteiger partial charge in [0.15, 0.2) is 11.6 Å². The maximum Gasteiger partial charge on any atom is 0.416 e. The highest BCUT2D eigenvalue weighted by atomic mass is 79.9. The zero-order valence-electron chi connectivity index (χ0n) is 25.4. The molecule has 4 aromatic carbocycles. The molecule has 1 amide bonds. The molecule has 1 aliphatic heterocycles. The van der Waals surface area contributed by atoms with Gasteiger partial charge in [0.05, 0.1) is 17.7 Å². The fraction of sp³-hybridized carbons (Fsp3) is 0.257. The molecule has 258 valence electrons. The van der Waals surface area contributed by atoms with Crippen LogP contribution in [0.2, 0.25) is 0 Å². The highest BCUT2D eigenvalue weighted by molar-refractivity contribution is 9.10. The van der Waals surface area contributed by atoms with Crippen molar-refractivity contribution in [1.29, 1.82) is 0 Å². The molecule has 14 heteroatoms. The van der Waals surface area contributed by atoms with E-state index in [2.05, 4.69) is 37.2 Å². The van der Waals surface area contributed by atoms with Gasteiger partial charge in [0.1, 0.15) is 5.75 Å². The number of aliphatic imine (C=N–C) groups is 1. The van der Waals surface area contributed by atoms with Crippen LogP contribution in [0.25, 0.3) is 0 Å². The Kier molecular flexibility index (Phi) is 11.1. The fourth-order valence-corrected chi connectivity index (χ4v) is 6.07. The van der Waals surface area contributed by atoms with E-state index in [4.69, 9.17) is 19.6 Å². The lowest BCUT2D eigenvalue weighted by Gasteiger charge is -2.31. The summed E-state index contributed by atoms with van der Waals surface area (Å²) < 4.78 is 94.9. The number of carbonyl (C=O) groups is 1. The lowest BCUT2D eigenvalue weighted by atomic mass is 9.82. The highest BCUT2D eigenvalue weighted by Crippen LogP contribution is 2.45. The monoisotopic (exact) mass is 812 g/mol. The van der Waals surface area contributed by atoms with Crippen LogP contribution < -0.4 is 10.1 Å². The van der Waals surface area contributed by atoms with Crippen molar-refractivity contribution in [2.24, 2.45) is 4.99 Å². The number of nitrogens with zero attached hydrogens (tertiary/aromatic N) is 1. The molecule has 0 fully saturated rings. The van der Waals surface area contributed by atoms with Crippen LogP contribution in [0.1, 0.15) is 45.9 Å². The molecule has 0 saturated carbocycles. The predicted molar refractivity (Wildman–Crippen MR) is 177 cm³/mol. The quantitative estimate of drug-likeness (QED) is 0.117. The molecule has 0 radical (unpaired) electrons. The lowest BCUT2D eigenvalue weighted by molar-refractivity contribution is -0.143. The first-order valence-electron chi connectivity index (χ1n) is 14.9. The van der Waals surface area contributed by atoms with Gasteiger partial charge in [0.2, 0.25) is 5.90 Å². The minimum absolute atomic E-state index is 0.0288. The number of hydrogen-bond donors (Lipinski definition) is 2. The smallest absolute Gasteiger partial charge is 0.416 e. The van der Waals surface area contributed by atoms with Crippen molar-refractivity contribution in [3.63, 3.8) is 0 Å². The van der Waals surface area contributed by atoms with Crippen molar-refractivity contribution < 1.29 is 45.7 Å². The Hall–Kier alpha value is -3.88. The number of benzene rings is 4. The van der Waals surface area contributed by atoms with Crippen molar-refractivity contribution in [3.05, 3.63) is 133 Å². The summed E-state index contributed by atoms with van der Waals surface area (Å²) in [6.07, 6.45) is -10.8. The Morgan fingerprint density at radius 1 is 0.878 bits per heavy atom. The highest BCUT2D eigenvalue weighted by Gasteiger charge is 2.54. The number of alkyl halides is 6. The Morgan fingerprint density at radius 2 is 1.51 bits per heavy atom. The molecule has 0 aliphatic carbocycles. The van der Waals surface area contributed by atoms with Crippen LogP contribution in [0.5, 0.6) is 5.75 Å². The number of aliphatic hydroxyl groups is 1. The number of halogens is 8. The van der Waals surface area contributed by atoms with Crippen molar-refractivity contribution in [1.82, 2.24) is 5.32 Å². The fourth-order valence-electron chi connectivity index (χ4n) is 5.32. The van der Waals surface area contributed by atoms with Crippen molar-refractivity contribution >= 4 is 43.7 Å². The van der Waals surface area contributed by atoms with E-state index in [0.717, 1.165) is 4.47 Å². The average Bonchev–Trinajstić information content (AvgIpc) is 3.44. The number of rotatable bonds is 11. The van der Waals surface area contributed by atoms with Crippen LogP contribution in [0.4, 0.5) is 26.3 Å². The average molecular weight is 814 g/mol. The van der Waals surface area contributed by atoms with Crippen LogP contribution in [0.15, 0.2) is 105 Å². The van der Waals surface area contributed by atoms with Gasteiger partial charge in [-0.1, -0.05) is 62.2 Å². The second-order valence-corrected chi connectivity index (χ2v) is 13.0. The molecule has 0 spiro atoms. The number of carbonyl (C=O) groups excluding carboxylic acids is 1. The van der Waals surface area contributed by atoms with Crippen molar-refractivity contribution in [3.8, 4) is 5.75 Å². The third-order valence-electron chi connectivity index (χ3n) is 7.71. The Balaban J connectivity index is 1.58. The molecular formula is C35H28Br2F6N2O4. The normalized spacial score (nSPS) is 17.7. The standard InChI is InChI=1S/C35H28Br2F6N2O4/c36-26-10-6-21(7-11-26)19-33(32(47)44-20-22-16-24(34(38,39)40)18-25(17-22)35(41,42)43)30(28-4-1-2-5-29(28)37)49-31(45-33)23-8-12-27(13-9-23)48-15-3-14-46/h1-2,4-13,16-18,30,46H,3,14-15,19-20H2,(H,44,47)/t30-,33-/m1/s1. The molecule has 2 N–H and O–H groups in total. The summed E-state index contributed by atoms with van der Waals surface area (Å²) in [5.74, 6) is -0.161. The zero-order chi connectivity index (χ0) is 35.4. The van der Waals surface area contributed by atoms with E-state index >= 15 is 0 Å². The van der Waals surface area contributed by atoms with Gasteiger partial charge in [-0.25, -0.2) is 4.99 Å². The first-order valence-corrected chi connectivity index (χ1v) is 16.4. The Labute approximate surface area is 294 Å². The molecule has 6 nitrogen and oxygen atoms in total. The molecule has 0 saturated heterocycles. The van der Waals surface area contributed by atoms with Crippen LogP contribution >= 0.6 is 31.9 Å². The molecule has 2 atom stereocenters. The maximum atomic E-state index is 14.4. The minimum Gasteiger partial charge on any atom is -0.494 e. The Bertz CT molecular complexity index is 1780. The first-order chi connectivity index (χ1) is 23.2. The van der Waals surface area contributed by atoms with E-state index < -0.39 is 53.1 Å². The number of nitrogens with one attached hydrogen (secondary N) is 1. The topological polar surface area (TPSA) is 80.2 Å². The SMILES string of the molecule is O=C(NCc1cc(C(F)(F)F)cc(C(F)(F)F)c1)[C@]1(Cc2ccc(Br)cc2)N=C(c2ccc(OCCCO)cc2)O[C@@H]1c1ccccc1Br. The van der Waals surface area contributed by atoms with Gasteiger partial charge >= 0.3 is 12.4 Å². The minimum atomic E-state index is -5.05. The first kappa shape index (κ1) is 36.4. The number of amides is 1. The van der Waals surface area contributed by atoms with Gasteiger partial charge in [-0.3, -0.25) is 4.79 Å². The predicted octanol–water partition coefficient (Wildman–Crippen LogP) is 8.83. The van der Waals surface area contributed by atoms with Crippen LogP contribution in [-0.4, -0.2) is 35.7 Å². The molecule has 1 heterocycles. The molecule has 1 aliphatic rings. The summed E-state index contributed by atoms with van der Waals surface area (Å²) in [6.45, 7) is -0.384. The molecule has 0 aromatic heterocycles. The van der Waals surface area contributed by atoms with Gasteiger partial charge in [-0.2, -0.15) is 26.3 Å². The molecular weight excluding hydrogens is 786 g/mol.